The first-order valence-electron chi connectivity index (χ1n) is 7.03. The Labute approximate surface area is 139 Å². The molecule has 0 spiro atoms. The Morgan fingerprint density at radius 2 is 1.75 bits per heavy atom. The smallest absolute Gasteiger partial charge is 0.385 e. The van der Waals surface area contributed by atoms with Crippen LogP contribution in [0, 0.1) is 11.6 Å². The second-order valence-electron chi connectivity index (χ2n) is 5.53. The Morgan fingerprint density at radius 1 is 1.17 bits per heavy atom. The molecule has 24 heavy (non-hydrogen) atoms. The maximum Gasteiger partial charge on any atom is 0.392 e. The minimum atomic E-state index is -4.54. The number of halogens is 5. The molecule has 3 nitrogen and oxygen atoms in total. The highest BCUT2D eigenvalue weighted by Crippen LogP contribution is 2.36. The summed E-state index contributed by atoms with van der Waals surface area (Å²) in [4.78, 5) is 6.88. The van der Waals surface area contributed by atoms with Gasteiger partial charge in [0.1, 0.15) is 28.6 Å². The molecule has 0 aliphatic rings. The van der Waals surface area contributed by atoms with Crippen LogP contribution < -0.4 is 0 Å². The van der Waals surface area contributed by atoms with Gasteiger partial charge in [0.25, 0.3) is 0 Å². The number of aromatic nitrogens is 2. The number of imidazole rings is 1. The van der Waals surface area contributed by atoms with Gasteiger partial charge in [0.05, 0.1) is 12.1 Å². The van der Waals surface area contributed by atoms with Crippen molar-refractivity contribution in [2.45, 2.75) is 48.4 Å². The van der Waals surface area contributed by atoms with Gasteiger partial charge in [-0.3, -0.25) is 0 Å². The van der Waals surface area contributed by atoms with Crippen LogP contribution in [0.15, 0.2) is 28.1 Å². The van der Waals surface area contributed by atoms with E-state index in [-0.39, 0.29) is 16.6 Å². The topological polar surface area (TPSA) is 48.9 Å². The SMILES string of the molecule is CC(C)c1nc(C(O)CC(F)(F)F)[nH]c1Sc1cc(F)cc(F)c1. The van der Waals surface area contributed by atoms with E-state index >= 15 is 0 Å². The molecule has 0 saturated heterocycles. The zero-order chi connectivity index (χ0) is 18.1. The Morgan fingerprint density at radius 3 is 2.25 bits per heavy atom. The van der Waals surface area contributed by atoms with Crippen LogP contribution in [0.2, 0.25) is 0 Å². The molecule has 1 heterocycles. The molecule has 0 fully saturated rings. The van der Waals surface area contributed by atoms with E-state index in [9.17, 15) is 27.1 Å². The van der Waals surface area contributed by atoms with Gasteiger partial charge in [-0.2, -0.15) is 13.2 Å². The third-order valence-electron chi connectivity index (χ3n) is 3.06. The van der Waals surface area contributed by atoms with Crippen LogP contribution in [-0.2, 0) is 0 Å². The lowest BCUT2D eigenvalue weighted by molar-refractivity contribution is -0.155. The van der Waals surface area contributed by atoms with Crippen LogP contribution in [0.3, 0.4) is 0 Å². The van der Waals surface area contributed by atoms with E-state index in [1.165, 1.54) is 0 Å². The molecule has 2 aromatic rings. The normalized spacial score (nSPS) is 13.5. The average Bonchev–Trinajstić information content (AvgIpc) is 2.79. The fourth-order valence-electron chi connectivity index (χ4n) is 2.04. The third-order valence-corrected chi connectivity index (χ3v) is 4.05. The summed E-state index contributed by atoms with van der Waals surface area (Å²) < 4.78 is 63.7. The Bertz CT molecular complexity index is 694. The first kappa shape index (κ1) is 18.7. The summed E-state index contributed by atoms with van der Waals surface area (Å²) in [5.74, 6) is -1.91. The first-order valence-corrected chi connectivity index (χ1v) is 7.85. The predicted molar refractivity (Wildman–Crippen MR) is 78.8 cm³/mol. The standard InChI is InChI=1S/C15H15F5N2OS/c1-7(2)12-14(24-10-4-8(16)3-9(17)5-10)22-13(21-12)11(23)6-15(18,19)20/h3-5,7,11,23H,6H2,1-2H3,(H,21,22). The van der Waals surface area contributed by atoms with E-state index in [2.05, 4.69) is 9.97 Å². The van der Waals surface area contributed by atoms with E-state index in [1.807, 2.05) is 0 Å². The largest absolute Gasteiger partial charge is 0.392 e. The summed E-state index contributed by atoms with van der Waals surface area (Å²) >= 11 is 0.937. The van der Waals surface area contributed by atoms with Gasteiger partial charge >= 0.3 is 6.18 Å². The van der Waals surface area contributed by atoms with Gasteiger partial charge in [-0.25, -0.2) is 13.8 Å². The van der Waals surface area contributed by atoms with Gasteiger partial charge in [0.15, 0.2) is 0 Å². The van der Waals surface area contributed by atoms with Crippen molar-refractivity contribution >= 4 is 11.8 Å². The Balaban J connectivity index is 2.31. The van der Waals surface area contributed by atoms with E-state index in [0.717, 1.165) is 30.0 Å². The zero-order valence-electron chi connectivity index (χ0n) is 12.8. The molecular formula is C15H15F5N2OS. The molecule has 1 aromatic heterocycles. The maximum absolute atomic E-state index is 13.3. The number of H-pyrrole nitrogens is 1. The molecule has 1 aromatic carbocycles. The quantitative estimate of drug-likeness (QED) is 0.737. The van der Waals surface area contributed by atoms with E-state index in [4.69, 9.17) is 0 Å². The van der Waals surface area contributed by atoms with E-state index < -0.39 is 30.3 Å². The van der Waals surface area contributed by atoms with Gasteiger partial charge in [0.2, 0.25) is 0 Å². The van der Waals surface area contributed by atoms with Gasteiger partial charge in [-0.05, 0) is 18.1 Å². The van der Waals surface area contributed by atoms with Gasteiger partial charge in [0, 0.05) is 11.0 Å². The first-order chi connectivity index (χ1) is 11.0. The van der Waals surface area contributed by atoms with Crippen LogP contribution in [0.5, 0.6) is 0 Å². The minimum absolute atomic E-state index is 0.158. The van der Waals surface area contributed by atoms with Crippen molar-refractivity contribution in [3.05, 3.63) is 41.4 Å². The molecule has 0 amide bonds. The highest BCUT2D eigenvalue weighted by atomic mass is 32.2. The van der Waals surface area contributed by atoms with Crippen LogP contribution in [-0.4, -0.2) is 21.3 Å². The highest BCUT2D eigenvalue weighted by molar-refractivity contribution is 7.99. The van der Waals surface area contributed by atoms with Gasteiger partial charge in [-0.1, -0.05) is 25.6 Å². The molecule has 132 valence electrons. The van der Waals surface area contributed by atoms with Crippen molar-refractivity contribution < 1.29 is 27.1 Å². The molecule has 0 radical (unpaired) electrons. The summed E-state index contributed by atoms with van der Waals surface area (Å²) in [5, 5.41) is 10.0. The Kier molecular flexibility index (Phi) is 5.54. The van der Waals surface area contributed by atoms with Gasteiger partial charge in [-0.15, -0.1) is 0 Å². The fraction of sp³-hybridized carbons (Fsp3) is 0.400. The summed E-state index contributed by atoms with van der Waals surface area (Å²) in [5.41, 5.74) is 0.417. The number of aromatic amines is 1. The minimum Gasteiger partial charge on any atom is -0.385 e. The van der Waals surface area contributed by atoms with E-state index in [0.29, 0.717) is 10.7 Å². The Hall–Kier alpha value is -1.61. The number of nitrogens with zero attached hydrogens (tertiary/aromatic N) is 1. The highest BCUT2D eigenvalue weighted by Gasteiger charge is 2.33. The second-order valence-corrected chi connectivity index (χ2v) is 6.62. The summed E-state index contributed by atoms with van der Waals surface area (Å²) in [6.45, 7) is 3.54. The van der Waals surface area contributed by atoms with Crippen LogP contribution in [0.1, 0.15) is 43.8 Å². The molecule has 1 atom stereocenters. The van der Waals surface area contributed by atoms with Gasteiger partial charge < -0.3 is 10.1 Å². The molecule has 9 heteroatoms. The van der Waals surface area contributed by atoms with Crippen molar-refractivity contribution in [1.29, 1.82) is 0 Å². The van der Waals surface area contributed by atoms with Crippen molar-refractivity contribution in [2.24, 2.45) is 0 Å². The van der Waals surface area contributed by atoms with Crippen molar-refractivity contribution in [3.63, 3.8) is 0 Å². The van der Waals surface area contributed by atoms with Crippen molar-refractivity contribution in [3.8, 4) is 0 Å². The van der Waals surface area contributed by atoms with E-state index in [1.54, 1.807) is 13.8 Å². The number of aliphatic hydroxyl groups is 1. The zero-order valence-corrected chi connectivity index (χ0v) is 13.6. The lowest BCUT2D eigenvalue weighted by atomic mass is 10.1. The molecule has 2 N–H and O–H groups in total. The summed E-state index contributed by atoms with van der Waals surface area (Å²) in [6, 6.07) is 2.92. The monoisotopic (exact) mass is 366 g/mol. The van der Waals surface area contributed by atoms with Crippen LogP contribution in [0.4, 0.5) is 22.0 Å². The number of rotatable bonds is 5. The third kappa shape index (κ3) is 4.94. The molecule has 0 aliphatic heterocycles. The number of benzene rings is 1. The molecule has 2 rings (SSSR count). The lowest BCUT2D eigenvalue weighted by Gasteiger charge is -2.10. The number of hydrogen-bond acceptors (Lipinski definition) is 3. The molecule has 1 unspecified atom stereocenters. The predicted octanol–water partition coefficient (Wildman–Crippen LogP) is 4.95. The number of nitrogens with one attached hydrogen (secondary N) is 1. The number of hydrogen-bond donors (Lipinski definition) is 2. The summed E-state index contributed by atoms with van der Waals surface area (Å²) in [7, 11) is 0. The number of alkyl halides is 3. The second kappa shape index (κ2) is 7.10. The van der Waals surface area contributed by atoms with Crippen molar-refractivity contribution in [1.82, 2.24) is 9.97 Å². The maximum atomic E-state index is 13.3. The van der Waals surface area contributed by atoms with Crippen LogP contribution >= 0.6 is 11.8 Å². The fourth-order valence-corrected chi connectivity index (χ4v) is 3.16. The molecule has 0 saturated carbocycles. The van der Waals surface area contributed by atoms with Crippen molar-refractivity contribution in [2.75, 3.05) is 0 Å². The number of aliphatic hydroxyl groups excluding tert-OH is 1. The van der Waals surface area contributed by atoms with Crippen LogP contribution in [0.25, 0.3) is 0 Å². The molecule has 0 aliphatic carbocycles. The summed E-state index contributed by atoms with van der Waals surface area (Å²) in [6.07, 6.45) is -7.80. The molecule has 0 bridgehead atoms. The lowest BCUT2D eigenvalue weighted by Crippen LogP contribution is -2.14. The molecular weight excluding hydrogens is 351 g/mol. The average molecular weight is 366 g/mol.